The Morgan fingerprint density at radius 2 is 1.33 bits per heavy atom. The summed E-state index contributed by atoms with van der Waals surface area (Å²) in [6.45, 7) is 11.8. The summed E-state index contributed by atoms with van der Waals surface area (Å²) in [6, 6.07) is 44.7. The van der Waals surface area contributed by atoms with Gasteiger partial charge < -0.3 is 14.0 Å². The van der Waals surface area contributed by atoms with Gasteiger partial charge >= 0.3 is 0 Å². The molecule has 1 aliphatic heterocycles. The normalized spacial score (nSPS) is 12.2. The van der Waals surface area contributed by atoms with Gasteiger partial charge in [0.15, 0.2) is 5.69 Å². The van der Waals surface area contributed by atoms with Crippen LogP contribution in [0.1, 0.15) is 19.4 Å². The first-order valence-electron chi connectivity index (χ1n) is 15.5. The number of hydrogen-bond donors (Lipinski definition) is 0. The highest BCUT2D eigenvalue weighted by Gasteiger charge is 2.33. The van der Waals surface area contributed by atoms with Gasteiger partial charge in [0.2, 0.25) is 0 Å². The smallest absolute Gasteiger partial charge is 0.187 e. The van der Waals surface area contributed by atoms with Crippen molar-refractivity contribution >= 4 is 60.7 Å². The van der Waals surface area contributed by atoms with Gasteiger partial charge in [0.1, 0.15) is 0 Å². The van der Waals surface area contributed by atoms with Crippen LogP contribution in [0.5, 0.6) is 0 Å². The molecule has 9 rings (SSSR count). The molecule has 3 heterocycles. The van der Waals surface area contributed by atoms with Gasteiger partial charge in [0, 0.05) is 33.3 Å². The Balaban J connectivity index is 1.51. The molecule has 5 heteroatoms. The molecule has 6 aromatic carbocycles. The Morgan fingerprint density at radius 3 is 2.09 bits per heavy atom. The maximum Gasteiger partial charge on any atom is 0.187 e. The number of aromatic nitrogens is 2. The lowest BCUT2D eigenvalue weighted by Crippen LogP contribution is -2.30. The molecule has 0 radical (unpaired) electrons. The molecule has 216 valence electrons. The van der Waals surface area contributed by atoms with Crippen LogP contribution in [0.15, 0.2) is 121 Å². The number of anilines is 2. The second kappa shape index (κ2) is 9.60. The molecule has 0 fully saturated rings. The number of fused-ring (bicyclic) bond motifs is 9. The summed E-state index contributed by atoms with van der Waals surface area (Å²) in [6.07, 6.45) is 0. The molecule has 0 aliphatic carbocycles. The summed E-state index contributed by atoms with van der Waals surface area (Å²) < 4.78 is 4.80. The maximum absolute atomic E-state index is 9.98. The minimum absolute atomic E-state index is 0.118. The van der Waals surface area contributed by atoms with Crippen LogP contribution in [0.4, 0.5) is 17.1 Å². The van der Waals surface area contributed by atoms with Crippen LogP contribution in [0.25, 0.3) is 71.0 Å². The zero-order valence-corrected chi connectivity index (χ0v) is 25.4. The first-order chi connectivity index (χ1) is 22.6. The number of para-hydroxylation sites is 2. The molecule has 8 aromatic rings. The highest BCUT2D eigenvalue weighted by molar-refractivity contribution is 6.27. The molecule has 1 aliphatic rings. The average molecular weight is 590 g/mol. The van der Waals surface area contributed by atoms with Gasteiger partial charge in [0.05, 0.1) is 57.3 Å². The van der Waals surface area contributed by atoms with E-state index in [9.17, 15) is 5.26 Å². The lowest BCUT2D eigenvalue weighted by Gasteiger charge is -2.37. The van der Waals surface area contributed by atoms with Crippen molar-refractivity contribution in [1.82, 2.24) is 9.13 Å². The second-order valence-electron chi connectivity index (χ2n) is 12.2. The van der Waals surface area contributed by atoms with Crippen LogP contribution < -0.4 is 4.90 Å². The zero-order chi connectivity index (χ0) is 31.1. The van der Waals surface area contributed by atoms with E-state index in [1.54, 1.807) is 0 Å². The lowest BCUT2D eigenvalue weighted by molar-refractivity contribution is 0.782. The Labute approximate surface area is 266 Å². The first-order valence-corrected chi connectivity index (χ1v) is 15.5. The summed E-state index contributed by atoms with van der Waals surface area (Å²) in [5.74, 6) is 0. The monoisotopic (exact) mass is 589 g/mol. The fourth-order valence-corrected chi connectivity index (χ4v) is 7.46. The van der Waals surface area contributed by atoms with Crippen molar-refractivity contribution in [1.29, 1.82) is 5.26 Å². The minimum atomic E-state index is 0.118. The Bertz CT molecular complexity index is 2620. The maximum atomic E-state index is 9.98. The summed E-state index contributed by atoms with van der Waals surface area (Å²) >= 11 is 0. The van der Waals surface area contributed by atoms with Crippen molar-refractivity contribution in [2.75, 3.05) is 4.90 Å². The highest BCUT2D eigenvalue weighted by atomic mass is 15.2. The van der Waals surface area contributed by atoms with Gasteiger partial charge in [-0.25, -0.2) is 4.85 Å². The van der Waals surface area contributed by atoms with E-state index in [-0.39, 0.29) is 6.04 Å². The Morgan fingerprint density at radius 1 is 0.630 bits per heavy atom. The third-order valence-corrected chi connectivity index (χ3v) is 9.36. The molecule has 2 aromatic heterocycles. The van der Waals surface area contributed by atoms with Crippen molar-refractivity contribution < 1.29 is 0 Å². The van der Waals surface area contributed by atoms with Crippen molar-refractivity contribution in [3.63, 3.8) is 0 Å². The highest BCUT2D eigenvalue weighted by Crippen LogP contribution is 2.53. The number of rotatable bonds is 3. The van der Waals surface area contributed by atoms with Crippen LogP contribution in [-0.2, 0) is 0 Å². The third-order valence-electron chi connectivity index (χ3n) is 9.36. The summed E-state index contributed by atoms with van der Waals surface area (Å²) in [4.78, 5) is 6.01. The summed E-state index contributed by atoms with van der Waals surface area (Å²) in [7, 11) is 0. The zero-order valence-electron chi connectivity index (χ0n) is 25.4. The number of benzene rings is 6. The molecular weight excluding hydrogens is 562 g/mol. The fraction of sp³-hybridized carbons (Fsp3) is 0.0732. The lowest BCUT2D eigenvalue weighted by atomic mass is 10.00. The molecule has 0 spiro atoms. The van der Waals surface area contributed by atoms with Crippen LogP contribution in [0.3, 0.4) is 0 Å². The van der Waals surface area contributed by atoms with Crippen LogP contribution >= 0.6 is 0 Å². The molecule has 5 nitrogen and oxygen atoms in total. The predicted molar refractivity (Wildman–Crippen MR) is 189 cm³/mol. The van der Waals surface area contributed by atoms with Gasteiger partial charge in [-0.1, -0.05) is 66.7 Å². The van der Waals surface area contributed by atoms with E-state index >= 15 is 0 Å². The number of nitrogens with zero attached hydrogens (tertiary/aromatic N) is 5. The molecule has 46 heavy (non-hydrogen) atoms. The van der Waals surface area contributed by atoms with E-state index in [2.05, 4.69) is 124 Å². The van der Waals surface area contributed by atoms with Gasteiger partial charge in [0.25, 0.3) is 0 Å². The molecule has 0 atom stereocenters. The third kappa shape index (κ3) is 3.49. The molecule has 0 unspecified atom stereocenters. The molecule has 0 amide bonds. The van der Waals surface area contributed by atoms with Crippen molar-refractivity contribution in [2.24, 2.45) is 0 Å². The van der Waals surface area contributed by atoms with Gasteiger partial charge in [-0.2, -0.15) is 5.26 Å². The topological polar surface area (TPSA) is 41.2 Å². The average Bonchev–Trinajstić information content (AvgIpc) is 3.61. The van der Waals surface area contributed by atoms with Gasteiger partial charge in [-0.15, -0.1) is 0 Å². The van der Waals surface area contributed by atoms with E-state index < -0.39 is 0 Å². The van der Waals surface area contributed by atoms with Crippen molar-refractivity contribution in [3.05, 3.63) is 138 Å². The first kappa shape index (κ1) is 26.1. The number of nitriles is 1. The van der Waals surface area contributed by atoms with E-state index in [4.69, 9.17) is 6.57 Å². The molecule has 0 N–H and O–H groups in total. The Hall–Kier alpha value is -6.30. The van der Waals surface area contributed by atoms with E-state index in [0.29, 0.717) is 11.3 Å². The van der Waals surface area contributed by atoms with Crippen LogP contribution in [0, 0.1) is 17.9 Å². The quantitative estimate of drug-likeness (QED) is 0.192. The molecule has 0 bridgehead atoms. The standard InChI is InChI=1S/C41H27N5/c1-25(2)44-38-21-26(24-42)13-19-37(38)46-36-20-16-28(27-14-17-29(43-3)18-15-27)22-32(36)34-23-33-31-11-7-8-12-35(31)45(30-9-5-4-6-10-30)39(33)41(44)40(34)46/h4-23,25H,1-2H3. The second-order valence-corrected chi connectivity index (χ2v) is 12.2. The largest absolute Gasteiger partial charge is 0.334 e. The van der Waals surface area contributed by atoms with E-state index in [1.807, 2.05) is 36.4 Å². The van der Waals surface area contributed by atoms with Crippen molar-refractivity contribution in [3.8, 4) is 28.6 Å². The van der Waals surface area contributed by atoms with Crippen LogP contribution in [-0.4, -0.2) is 15.2 Å². The Kier molecular flexibility index (Phi) is 5.45. The fourth-order valence-electron chi connectivity index (χ4n) is 7.46. The van der Waals surface area contributed by atoms with Crippen molar-refractivity contribution in [2.45, 2.75) is 19.9 Å². The SMILES string of the molecule is [C-]#[N+]c1ccc(-c2ccc3c(c2)c2cc4c5ccccc5n(-c5ccccc5)c4c4c2n3-c2ccc(C#N)cc2N4C(C)C)cc1. The molecule has 0 saturated carbocycles. The van der Waals surface area contributed by atoms with Crippen LogP contribution in [0.2, 0.25) is 0 Å². The van der Waals surface area contributed by atoms with E-state index in [0.717, 1.165) is 55.9 Å². The summed E-state index contributed by atoms with van der Waals surface area (Å²) in [5.41, 5.74) is 12.4. The summed E-state index contributed by atoms with van der Waals surface area (Å²) in [5, 5.41) is 14.7. The predicted octanol–water partition coefficient (Wildman–Crippen LogP) is 10.8. The molecular formula is C41H27N5. The van der Waals surface area contributed by atoms with Gasteiger partial charge in [-0.3, -0.25) is 0 Å². The molecule has 0 saturated heterocycles. The van der Waals surface area contributed by atoms with E-state index in [1.165, 1.54) is 21.5 Å². The van der Waals surface area contributed by atoms with Gasteiger partial charge in [-0.05, 0) is 79.6 Å². The number of hydrogen-bond acceptors (Lipinski definition) is 2. The minimum Gasteiger partial charge on any atom is -0.334 e.